The van der Waals surface area contributed by atoms with Crippen LogP contribution in [0.5, 0.6) is 5.88 Å². The number of hydrogen-bond acceptors (Lipinski definition) is 3. The Morgan fingerprint density at radius 3 is 3.07 bits per heavy atom. The lowest BCUT2D eigenvalue weighted by molar-refractivity contribution is -0.117. The number of anilines is 1. The Bertz CT molecular complexity index is 383. The fourth-order valence-electron chi connectivity index (χ4n) is 1.59. The summed E-state index contributed by atoms with van der Waals surface area (Å²) in [5, 5.41) is 0. The average Bonchev–Trinajstić information content (AvgIpc) is 2.58. The molecule has 80 valence electrons. The third kappa shape index (κ3) is 2.12. The van der Waals surface area contributed by atoms with Crippen molar-refractivity contribution < 1.29 is 9.53 Å². The number of carbonyl (C=O) groups excluding carboxylic acids is 1. The molecule has 0 aliphatic carbocycles. The third-order valence-corrected chi connectivity index (χ3v) is 2.93. The van der Waals surface area contributed by atoms with Crippen molar-refractivity contribution in [3.05, 3.63) is 18.3 Å². The van der Waals surface area contributed by atoms with E-state index in [1.807, 2.05) is 6.07 Å². The largest absolute Gasteiger partial charge is 0.481 e. The molecule has 1 aliphatic heterocycles. The zero-order chi connectivity index (χ0) is 10.8. The van der Waals surface area contributed by atoms with Gasteiger partial charge in [0.05, 0.1) is 12.8 Å². The van der Waals surface area contributed by atoms with E-state index in [-0.39, 0.29) is 10.7 Å². The standard InChI is InChI=1S/C10H11BrN2O2/c1-15-9-5-8(2-3-12-9)13-6-7(11)4-10(13)14/h2-3,5,7H,4,6H2,1H3. The van der Waals surface area contributed by atoms with Crippen molar-refractivity contribution in [2.45, 2.75) is 11.2 Å². The van der Waals surface area contributed by atoms with Gasteiger partial charge in [0.25, 0.3) is 0 Å². The lowest BCUT2D eigenvalue weighted by atomic mass is 10.3. The van der Waals surface area contributed by atoms with Crippen LogP contribution < -0.4 is 9.64 Å². The molecule has 1 aromatic heterocycles. The SMILES string of the molecule is COc1cc(N2CC(Br)CC2=O)ccn1. The summed E-state index contributed by atoms with van der Waals surface area (Å²) in [7, 11) is 1.56. The summed E-state index contributed by atoms with van der Waals surface area (Å²) in [6, 6.07) is 3.58. The molecule has 1 saturated heterocycles. The quantitative estimate of drug-likeness (QED) is 0.767. The Balaban J connectivity index is 2.25. The van der Waals surface area contributed by atoms with Crippen LogP contribution in [0.4, 0.5) is 5.69 Å². The molecule has 0 spiro atoms. The van der Waals surface area contributed by atoms with E-state index in [0.717, 1.165) is 5.69 Å². The van der Waals surface area contributed by atoms with E-state index in [1.165, 1.54) is 0 Å². The van der Waals surface area contributed by atoms with Crippen molar-refractivity contribution in [1.82, 2.24) is 4.98 Å². The summed E-state index contributed by atoms with van der Waals surface area (Å²) >= 11 is 3.44. The highest BCUT2D eigenvalue weighted by Gasteiger charge is 2.28. The second kappa shape index (κ2) is 4.18. The molecule has 1 fully saturated rings. The highest BCUT2D eigenvalue weighted by molar-refractivity contribution is 9.09. The number of alkyl halides is 1. The van der Waals surface area contributed by atoms with E-state index < -0.39 is 0 Å². The van der Waals surface area contributed by atoms with Crippen molar-refractivity contribution in [3.8, 4) is 5.88 Å². The lowest BCUT2D eigenvalue weighted by Crippen LogP contribution is -2.24. The molecular formula is C10H11BrN2O2. The van der Waals surface area contributed by atoms with Gasteiger partial charge in [0.2, 0.25) is 11.8 Å². The van der Waals surface area contributed by atoms with Crippen LogP contribution in [0.1, 0.15) is 6.42 Å². The van der Waals surface area contributed by atoms with Gasteiger partial charge >= 0.3 is 0 Å². The molecule has 0 aromatic carbocycles. The van der Waals surface area contributed by atoms with Crippen LogP contribution in [0.25, 0.3) is 0 Å². The Hall–Kier alpha value is -1.10. The number of aromatic nitrogens is 1. The topological polar surface area (TPSA) is 42.4 Å². The number of halogens is 1. The minimum Gasteiger partial charge on any atom is -0.481 e. The first-order valence-electron chi connectivity index (χ1n) is 4.65. The molecule has 0 bridgehead atoms. The number of nitrogens with zero attached hydrogens (tertiary/aromatic N) is 2. The molecule has 0 radical (unpaired) electrons. The van der Waals surface area contributed by atoms with E-state index >= 15 is 0 Å². The van der Waals surface area contributed by atoms with Crippen LogP contribution in [0.2, 0.25) is 0 Å². The van der Waals surface area contributed by atoms with Gasteiger partial charge in [-0.1, -0.05) is 15.9 Å². The molecule has 1 amide bonds. The average molecular weight is 271 g/mol. The maximum absolute atomic E-state index is 11.6. The third-order valence-electron chi connectivity index (χ3n) is 2.32. The number of carbonyl (C=O) groups is 1. The first kappa shape index (κ1) is 10.4. The molecule has 2 heterocycles. The molecular weight excluding hydrogens is 260 g/mol. The Morgan fingerprint density at radius 1 is 1.67 bits per heavy atom. The maximum Gasteiger partial charge on any atom is 0.228 e. The second-order valence-electron chi connectivity index (χ2n) is 3.36. The number of amides is 1. The zero-order valence-electron chi connectivity index (χ0n) is 8.31. The molecule has 5 heteroatoms. The van der Waals surface area contributed by atoms with Gasteiger partial charge in [0, 0.05) is 30.1 Å². The zero-order valence-corrected chi connectivity index (χ0v) is 9.90. The Kier molecular flexibility index (Phi) is 2.90. The second-order valence-corrected chi connectivity index (χ2v) is 4.66. The van der Waals surface area contributed by atoms with Crippen LogP contribution in [-0.4, -0.2) is 29.4 Å². The summed E-state index contributed by atoms with van der Waals surface area (Å²) in [4.78, 5) is 17.6. The van der Waals surface area contributed by atoms with E-state index in [1.54, 1.807) is 24.3 Å². The highest BCUT2D eigenvalue weighted by atomic mass is 79.9. The van der Waals surface area contributed by atoms with Crippen LogP contribution >= 0.6 is 15.9 Å². The minimum atomic E-state index is 0.130. The van der Waals surface area contributed by atoms with E-state index in [0.29, 0.717) is 18.8 Å². The van der Waals surface area contributed by atoms with Gasteiger partial charge in [0.15, 0.2) is 0 Å². The van der Waals surface area contributed by atoms with Crippen molar-refractivity contribution in [2.24, 2.45) is 0 Å². The Labute approximate surface area is 96.4 Å². The molecule has 15 heavy (non-hydrogen) atoms. The predicted octanol–water partition coefficient (Wildman–Crippen LogP) is 1.59. The maximum atomic E-state index is 11.6. The van der Waals surface area contributed by atoms with Crippen LogP contribution in [0, 0.1) is 0 Å². The molecule has 0 N–H and O–H groups in total. The molecule has 1 aliphatic rings. The number of hydrogen-bond donors (Lipinski definition) is 0. The summed E-state index contributed by atoms with van der Waals surface area (Å²) < 4.78 is 5.02. The van der Waals surface area contributed by atoms with E-state index in [2.05, 4.69) is 20.9 Å². The van der Waals surface area contributed by atoms with Gasteiger partial charge in [-0.25, -0.2) is 4.98 Å². The van der Waals surface area contributed by atoms with Gasteiger partial charge in [-0.15, -0.1) is 0 Å². The van der Waals surface area contributed by atoms with Gasteiger partial charge < -0.3 is 9.64 Å². The van der Waals surface area contributed by atoms with Gasteiger partial charge in [-0.2, -0.15) is 0 Å². The highest BCUT2D eigenvalue weighted by Crippen LogP contribution is 2.26. The number of pyridine rings is 1. The fraction of sp³-hybridized carbons (Fsp3) is 0.400. The number of methoxy groups -OCH3 is 1. The predicted molar refractivity (Wildman–Crippen MR) is 60.5 cm³/mol. The summed E-state index contributed by atoms with van der Waals surface area (Å²) in [5.74, 6) is 0.656. The molecule has 0 saturated carbocycles. The molecule has 1 unspecified atom stereocenters. The van der Waals surface area contributed by atoms with Crippen LogP contribution in [0.3, 0.4) is 0 Å². The van der Waals surface area contributed by atoms with Crippen molar-refractivity contribution >= 4 is 27.5 Å². The fourth-order valence-corrected chi connectivity index (χ4v) is 2.16. The molecule has 1 atom stereocenters. The first-order chi connectivity index (χ1) is 7.20. The van der Waals surface area contributed by atoms with Gasteiger partial charge in [-0.05, 0) is 6.07 Å². The number of rotatable bonds is 2. The smallest absolute Gasteiger partial charge is 0.228 e. The van der Waals surface area contributed by atoms with Crippen molar-refractivity contribution in [1.29, 1.82) is 0 Å². The Morgan fingerprint density at radius 2 is 2.47 bits per heavy atom. The normalized spacial score (nSPS) is 20.8. The molecule has 2 rings (SSSR count). The minimum absolute atomic E-state index is 0.130. The van der Waals surface area contributed by atoms with Crippen molar-refractivity contribution in [3.63, 3.8) is 0 Å². The van der Waals surface area contributed by atoms with E-state index in [9.17, 15) is 4.79 Å². The van der Waals surface area contributed by atoms with Crippen LogP contribution in [-0.2, 0) is 4.79 Å². The first-order valence-corrected chi connectivity index (χ1v) is 5.57. The van der Waals surface area contributed by atoms with Crippen LogP contribution in [0.15, 0.2) is 18.3 Å². The molecule has 1 aromatic rings. The monoisotopic (exact) mass is 270 g/mol. The molecule has 4 nitrogen and oxygen atoms in total. The lowest BCUT2D eigenvalue weighted by Gasteiger charge is -2.15. The summed E-state index contributed by atoms with van der Waals surface area (Å²) in [6.45, 7) is 0.700. The summed E-state index contributed by atoms with van der Waals surface area (Å²) in [5.41, 5.74) is 0.841. The van der Waals surface area contributed by atoms with Gasteiger partial charge in [0.1, 0.15) is 0 Å². The summed E-state index contributed by atoms with van der Waals surface area (Å²) in [6.07, 6.45) is 2.19. The van der Waals surface area contributed by atoms with E-state index in [4.69, 9.17) is 4.74 Å². The van der Waals surface area contributed by atoms with Gasteiger partial charge in [-0.3, -0.25) is 4.79 Å². The van der Waals surface area contributed by atoms with Crippen molar-refractivity contribution in [2.75, 3.05) is 18.6 Å². The number of ether oxygens (including phenoxy) is 1.